The Hall–Kier alpha value is -0.810. The van der Waals surface area contributed by atoms with Crippen LogP contribution in [0.4, 0.5) is 5.13 Å². The van der Waals surface area contributed by atoms with Crippen molar-refractivity contribution in [1.29, 1.82) is 0 Å². The van der Waals surface area contributed by atoms with Crippen molar-refractivity contribution in [2.45, 2.75) is 45.1 Å². The van der Waals surface area contributed by atoms with Crippen molar-refractivity contribution in [2.24, 2.45) is 0 Å². The van der Waals surface area contributed by atoms with Crippen LogP contribution < -0.4 is 4.90 Å². The van der Waals surface area contributed by atoms with Gasteiger partial charge in [0.1, 0.15) is 0 Å². The minimum atomic E-state index is -0.406. The number of halogens is 1. The van der Waals surface area contributed by atoms with E-state index in [4.69, 9.17) is 16.3 Å². The van der Waals surface area contributed by atoms with E-state index < -0.39 is 5.97 Å². The van der Waals surface area contributed by atoms with E-state index in [-0.39, 0.29) is 5.15 Å². The molecule has 0 aromatic carbocycles. The van der Waals surface area contributed by atoms with Gasteiger partial charge in [-0.1, -0.05) is 42.7 Å². The van der Waals surface area contributed by atoms with Crippen LogP contribution in [0.2, 0.25) is 5.15 Å². The summed E-state index contributed by atoms with van der Waals surface area (Å²) >= 11 is 7.38. The van der Waals surface area contributed by atoms with E-state index in [1.807, 2.05) is 0 Å². The molecule has 1 aromatic rings. The minimum absolute atomic E-state index is 0.256. The van der Waals surface area contributed by atoms with Crippen molar-refractivity contribution in [2.75, 3.05) is 18.6 Å². The number of methoxy groups -OCH3 is 1. The fraction of sp³-hybridized carbons (Fsp3) is 0.692. The molecular weight excluding hydrogens is 284 g/mol. The van der Waals surface area contributed by atoms with Gasteiger partial charge < -0.3 is 9.64 Å². The number of aromatic nitrogens is 1. The van der Waals surface area contributed by atoms with Gasteiger partial charge in [0.2, 0.25) is 0 Å². The molecule has 1 unspecified atom stereocenters. The lowest BCUT2D eigenvalue weighted by Gasteiger charge is -2.28. The summed E-state index contributed by atoms with van der Waals surface area (Å²) in [4.78, 5) is 18.6. The first-order chi connectivity index (χ1) is 9.17. The smallest absolute Gasteiger partial charge is 0.351 e. The maximum absolute atomic E-state index is 11.6. The summed E-state index contributed by atoms with van der Waals surface area (Å²) in [6.07, 6.45) is 5.96. The Bertz CT molecular complexity index is 450. The lowest BCUT2D eigenvalue weighted by molar-refractivity contribution is 0.0606. The third-order valence-electron chi connectivity index (χ3n) is 3.54. The SMILES string of the molecule is CCC1CCCCCN1c1nc(Cl)c(C(=O)OC)s1. The molecule has 0 aliphatic carbocycles. The highest BCUT2D eigenvalue weighted by Gasteiger charge is 2.25. The van der Waals surface area contributed by atoms with Crippen molar-refractivity contribution >= 4 is 34.0 Å². The van der Waals surface area contributed by atoms with Gasteiger partial charge in [0.15, 0.2) is 15.2 Å². The molecule has 0 spiro atoms. The number of carbonyl (C=O) groups excluding carboxylic acids is 1. The van der Waals surface area contributed by atoms with Gasteiger partial charge in [0.05, 0.1) is 7.11 Å². The molecule has 0 amide bonds. The maximum Gasteiger partial charge on any atom is 0.351 e. The number of rotatable bonds is 3. The molecule has 6 heteroatoms. The molecule has 2 rings (SSSR count). The van der Waals surface area contributed by atoms with Gasteiger partial charge in [0.25, 0.3) is 0 Å². The fourth-order valence-corrected chi connectivity index (χ4v) is 3.78. The average Bonchev–Trinajstić information content (AvgIpc) is 2.65. The zero-order valence-electron chi connectivity index (χ0n) is 11.3. The molecular formula is C13H19ClN2O2S. The number of hydrogen-bond acceptors (Lipinski definition) is 5. The number of esters is 1. The standard InChI is InChI=1S/C13H19ClN2O2S/c1-3-9-7-5-4-6-8-16(9)13-15-11(14)10(19-13)12(17)18-2/h9H,3-8H2,1-2H3. The number of anilines is 1. The lowest BCUT2D eigenvalue weighted by Crippen LogP contribution is -2.34. The number of nitrogens with zero attached hydrogens (tertiary/aromatic N) is 2. The second-order valence-corrected chi connectivity index (χ2v) is 6.05. The van der Waals surface area contributed by atoms with Gasteiger partial charge in [-0.2, -0.15) is 0 Å². The van der Waals surface area contributed by atoms with E-state index in [0.29, 0.717) is 10.9 Å². The van der Waals surface area contributed by atoms with E-state index in [0.717, 1.165) is 18.1 Å². The Labute approximate surface area is 122 Å². The number of carbonyl (C=O) groups is 1. The summed E-state index contributed by atoms with van der Waals surface area (Å²) in [6.45, 7) is 3.18. The van der Waals surface area contributed by atoms with E-state index in [2.05, 4.69) is 16.8 Å². The number of thiazole rings is 1. The van der Waals surface area contributed by atoms with Crippen LogP contribution in [0.3, 0.4) is 0 Å². The third-order valence-corrected chi connectivity index (χ3v) is 5.00. The van der Waals surface area contributed by atoms with E-state index >= 15 is 0 Å². The highest BCUT2D eigenvalue weighted by atomic mass is 35.5. The molecule has 0 bridgehead atoms. The van der Waals surface area contributed by atoms with Crippen LogP contribution in [0.5, 0.6) is 0 Å². The first-order valence-electron chi connectivity index (χ1n) is 6.68. The predicted octanol–water partition coefficient (Wildman–Crippen LogP) is 3.74. The van der Waals surface area contributed by atoms with Gasteiger partial charge in [0, 0.05) is 12.6 Å². The van der Waals surface area contributed by atoms with Crippen molar-refractivity contribution in [3.05, 3.63) is 10.0 Å². The quantitative estimate of drug-likeness (QED) is 0.798. The zero-order valence-corrected chi connectivity index (χ0v) is 12.9. The van der Waals surface area contributed by atoms with Crippen LogP contribution in [-0.4, -0.2) is 30.6 Å². The molecule has 19 heavy (non-hydrogen) atoms. The normalized spacial score (nSPS) is 20.2. The topological polar surface area (TPSA) is 42.4 Å². The predicted molar refractivity (Wildman–Crippen MR) is 78.4 cm³/mol. The summed E-state index contributed by atoms with van der Waals surface area (Å²) in [7, 11) is 1.36. The van der Waals surface area contributed by atoms with Crippen molar-refractivity contribution in [3.63, 3.8) is 0 Å². The summed E-state index contributed by atoms with van der Waals surface area (Å²) in [5, 5.41) is 1.10. The molecule has 4 nitrogen and oxygen atoms in total. The first-order valence-corrected chi connectivity index (χ1v) is 7.88. The Morgan fingerprint density at radius 3 is 3.00 bits per heavy atom. The average molecular weight is 303 g/mol. The summed E-state index contributed by atoms with van der Waals surface area (Å²) < 4.78 is 4.72. The first kappa shape index (κ1) is 14.6. The Balaban J connectivity index is 2.26. The highest BCUT2D eigenvalue weighted by Crippen LogP contribution is 2.34. The second-order valence-electron chi connectivity index (χ2n) is 4.71. The molecule has 1 atom stereocenters. The summed E-state index contributed by atoms with van der Waals surface area (Å²) in [5.41, 5.74) is 0. The molecule has 0 N–H and O–H groups in total. The van der Waals surface area contributed by atoms with E-state index in [9.17, 15) is 4.79 Å². The molecule has 1 aliphatic rings. The van der Waals surface area contributed by atoms with Gasteiger partial charge in [-0.05, 0) is 19.3 Å². The zero-order chi connectivity index (χ0) is 13.8. The molecule has 1 saturated heterocycles. The van der Waals surface area contributed by atoms with E-state index in [1.54, 1.807) is 0 Å². The van der Waals surface area contributed by atoms with Gasteiger partial charge in [-0.3, -0.25) is 0 Å². The van der Waals surface area contributed by atoms with Gasteiger partial charge >= 0.3 is 5.97 Å². The highest BCUT2D eigenvalue weighted by molar-refractivity contribution is 7.18. The van der Waals surface area contributed by atoms with Crippen molar-refractivity contribution in [3.8, 4) is 0 Å². The number of ether oxygens (including phenoxy) is 1. The largest absolute Gasteiger partial charge is 0.465 e. The summed E-state index contributed by atoms with van der Waals surface area (Å²) in [6, 6.07) is 0.496. The Morgan fingerprint density at radius 1 is 1.53 bits per heavy atom. The second kappa shape index (κ2) is 6.57. The minimum Gasteiger partial charge on any atom is -0.465 e. The van der Waals surface area contributed by atoms with Crippen LogP contribution in [0.25, 0.3) is 0 Å². The molecule has 1 aliphatic heterocycles. The van der Waals surface area contributed by atoms with Crippen LogP contribution in [0, 0.1) is 0 Å². The Kier molecular flexibility index (Phi) is 5.05. The van der Waals surface area contributed by atoms with E-state index in [1.165, 1.54) is 44.1 Å². The summed E-state index contributed by atoms with van der Waals surface area (Å²) in [5.74, 6) is -0.406. The third kappa shape index (κ3) is 3.20. The Morgan fingerprint density at radius 2 is 2.32 bits per heavy atom. The van der Waals surface area contributed by atoms with Crippen molar-refractivity contribution < 1.29 is 9.53 Å². The molecule has 1 aromatic heterocycles. The van der Waals surface area contributed by atoms with Crippen LogP contribution in [0.1, 0.15) is 48.7 Å². The molecule has 2 heterocycles. The number of hydrogen-bond donors (Lipinski definition) is 0. The molecule has 0 saturated carbocycles. The fourth-order valence-electron chi connectivity index (χ4n) is 2.49. The maximum atomic E-state index is 11.6. The van der Waals surface area contributed by atoms with Crippen LogP contribution >= 0.6 is 22.9 Å². The van der Waals surface area contributed by atoms with Gasteiger partial charge in [-0.15, -0.1) is 0 Å². The monoisotopic (exact) mass is 302 g/mol. The molecule has 0 radical (unpaired) electrons. The van der Waals surface area contributed by atoms with Crippen molar-refractivity contribution in [1.82, 2.24) is 4.98 Å². The van der Waals surface area contributed by atoms with Crippen LogP contribution in [0.15, 0.2) is 0 Å². The van der Waals surface area contributed by atoms with Gasteiger partial charge in [-0.25, -0.2) is 9.78 Å². The molecule has 1 fully saturated rings. The lowest BCUT2D eigenvalue weighted by atomic mass is 10.1. The van der Waals surface area contributed by atoms with Crippen LogP contribution in [-0.2, 0) is 4.74 Å². The molecule has 106 valence electrons.